The number of carbonyl (C=O) groups excluding carboxylic acids is 1. The van der Waals surface area contributed by atoms with E-state index in [9.17, 15) is 4.79 Å². The number of hydrogen-bond acceptors (Lipinski definition) is 3. The molecule has 3 rings (SSSR count). The molecule has 1 aliphatic carbocycles. The lowest BCUT2D eigenvalue weighted by Crippen LogP contribution is -2.33. The molecule has 27 heavy (non-hydrogen) atoms. The molecular weight excluding hydrogens is 334 g/mol. The Bertz CT molecular complexity index is 711. The SMILES string of the molecule is CN(Cc1ccccc1CNC(=O)CCc1cccnc1)C1CCCCC1. The van der Waals surface area contributed by atoms with Crippen LogP contribution >= 0.6 is 0 Å². The predicted octanol–water partition coefficient (Wildman–Crippen LogP) is 4.10. The molecule has 4 heteroatoms. The largest absolute Gasteiger partial charge is 0.352 e. The van der Waals surface area contributed by atoms with Gasteiger partial charge in [-0.05, 0) is 49.1 Å². The maximum atomic E-state index is 12.2. The summed E-state index contributed by atoms with van der Waals surface area (Å²) in [6.45, 7) is 1.55. The lowest BCUT2D eigenvalue weighted by molar-refractivity contribution is -0.121. The third-order valence-corrected chi connectivity index (χ3v) is 5.58. The summed E-state index contributed by atoms with van der Waals surface area (Å²) >= 11 is 0. The second kappa shape index (κ2) is 10.2. The van der Waals surface area contributed by atoms with Crippen LogP contribution in [0, 0.1) is 0 Å². The second-order valence-corrected chi connectivity index (χ2v) is 7.61. The van der Waals surface area contributed by atoms with Gasteiger partial charge >= 0.3 is 0 Å². The van der Waals surface area contributed by atoms with Crippen LogP contribution in [0.5, 0.6) is 0 Å². The number of nitrogens with zero attached hydrogens (tertiary/aromatic N) is 2. The highest BCUT2D eigenvalue weighted by molar-refractivity contribution is 5.76. The van der Waals surface area contributed by atoms with Crippen LogP contribution in [0.25, 0.3) is 0 Å². The van der Waals surface area contributed by atoms with Crippen molar-refractivity contribution in [1.82, 2.24) is 15.2 Å². The average molecular weight is 366 g/mol. The molecule has 1 aliphatic rings. The Hall–Kier alpha value is -2.20. The summed E-state index contributed by atoms with van der Waals surface area (Å²) in [5, 5.41) is 3.08. The summed E-state index contributed by atoms with van der Waals surface area (Å²) in [5.41, 5.74) is 3.63. The minimum absolute atomic E-state index is 0.0919. The van der Waals surface area contributed by atoms with E-state index in [0.717, 1.165) is 18.5 Å². The predicted molar refractivity (Wildman–Crippen MR) is 109 cm³/mol. The van der Waals surface area contributed by atoms with Crippen LogP contribution in [-0.4, -0.2) is 28.9 Å². The van der Waals surface area contributed by atoms with Crippen molar-refractivity contribution in [3.05, 3.63) is 65.5 Å². The fourth-order valence-electron chi connectivity index (χ4n) is 3.89. The lowest BCUT2D eigenvalue weighted by Gasteiger charge is -2.31. The van der Waals surface area contributed by atoms with Crippen LogP contribution in [0.15, 0.2) is 48.8 Å². The zero-order chi connectivity index (χ0) is 18.9. The summed E-state index contributed by atoms with van der Waals surface area (Å²) in [6.07, 6.45) is 11.5. The topological polar surface area (TPSA) is 45.2 Å². The van der Waals surface area contributed by atoms with Gasteiger partial charge in [-0.25, -0.2) is 0 Å². The molecular formula is C23H31N3O. The van der Waals surface area contributed by atoms with Crippen molar-refractivity contribution in [1.29, 1.82) is 0 Å². The van der Waals surface area contributed by atoms with Crippen molar-refractivity contribution >= 4 is 5.91 Å². The first kappa shape index (κ1) is 19.6. The van der Waals surface area contributed by atoms with Gasteiger partial charge in [0.15, 0.2) is 0 Å². The van der Waals surface area contributed by atoms with Gasteiger partial charge in [-0.3, -0.25) is 14.7 Å². The molecule has 144 valence electrons. The van der Waals surface area contributed by atoms with Crippen LogP contribution in [-0.2, 0) is 24.3 Å². The van der Waals surface area contributed by atoms with Crippen molar-refractivity contribution < 1.29 is 4.79 Å². The third-order valence-electron chi connectivity index (χ3n) is 5.58. The van der Waals surface area contributed by atoms with Gasteiger partial charge in [0.25, 0.3) is 0 Å². The molecule has 0 saturated heterocycles. The molecule has 1 fully saturated rings. The lowest BCUT2D eigenvalue weighted by atomic mass is 9.94. The van der Waals surface area contributed by atoms with Gasteiger partial charge in [-0.2, -0.15) is 0 Å². The van der Waals surface area contributed by atoms with Crippen LogP contribution in [0.3, 0.4) is 0 Å². The fourth-order valence-corrected chi connectivity index (χ4v) is 3.89. The van der Waals surface area contributed by atoms with Gasteiger partial charge in [0.2, 0.25) is 5.91 Å². The monoisotopic (exact) mass is 365 g/mol. The van der Waals surface area contributed by atoms with Gasteiger partial charge in [0, 0.05) is 37.9 Å². The summed E-state index contributed by atoms with van der Waals surface area (Å²) in [6, 6.07) is 13.1. The molecule has 0 atom stereocenters. The Kier molecular flexibility index (Phi) is 7.40. The number of rotatable bonds is 8. The smallest absolute Gasteiger partial charge is 0.220 e. The van der Waals surface area contributed by atoms with Crippen LogP contribution in [0.4, 0.5) is 0 Å². The van der Waals surface area contributed by atoms with Crippen LogP contribution < -0.4 is 5.32 Å². The summed E-state index contributed by atoms with van der Waals surface area (Å²) in [5.74, 6) is 0.0919. The Morgan fingerprint density at radius 3 is 2.63 bits per heavy atom. The highest BCUT2D eigenvalue weighted by atomic mass is 16.1. The number of aryl methyl sites for hydroxylation is 1. The van der Waals surface area contributed by atoms with Crippen molar-refractivity contribution in [3.63, 3.8) is 0 Å². The number of nitrogens with one attached hydrogen (secondary N) is 1. The number of benzene rings is 1. The van der Waals surface area contributed by atoms with Gasteiger partial charge in [0.05, 0.1) is 0 Å². The van der Waals surface area contributed by atoms with E-state index >= 15 is 0 Å². The van der Waals surface area contributed by atoms with E-state index in [-0.39, 0.29) is 5.91 Å². The molecule has 0 spiro atoms. The Labute approximate surface area is 163 Å². The Morgan fingerprint density at radius 1 is 1.11 bits per heavy atom. The standard InChI is InChI=1S/C23H31N3O/c1-26(22-11-3-2-4-12-22)18-21-10-6-5-9-20(21)17-25-23(27)14-13-19-8-7-15-24-16-19/h5-10,15-16,22H,2-4,11-14,17-18H2,1H3,(H,25,27). The molecule has 1 saturated carbocycles. The molecule has 1 aromatic heterocycles. The second-order valence-electron chi connectivity index (χ2n) is 7.61. The molecule has 0 radical (unpaired) electrons. The molecule has 1 N–H and O–H groups in total. The minimum atomic E-state index is 0.0919. The highest BCUT2D eigenvalue weighted by Gasteiger charge is 2.18. The van der Waals surface area contributed by atoms with E-state index in [4.69, 9.17) is 0 Å². The van der Waals surface area contributed by atoms with Gasteiger partial charge in [-0.1, -0.05) is 49.6 Å². The van der Waals surface area contributed by atoms with Gasteiger partial charge < -0.3 is 5.32 Å². The first-order chi connectivity index (χ1) is 13.2. The molecule has 0 aliphatic heterocycles. The van der Waals surface area contributed by atoms with Crippen molar-refractivity contribution in [2.45, 2.75) is 64.1 Å². The molecule has 0 unspecified atom stereocenters. The third kappa shape index (κ3) is 6.17. The van der Waals surface area contributed by atoms with E-state index in [1.165, 1.54) is 43.2 Å². The molecule has 0 bridgehead atoms. The Balaban J connectivity index is 1.50. The highest BCUT2D eigenvalue weighted by Crippen LogP contribution is 2.23. The maximum absolute atomic E-state index is 12.2. The van der Waals surface area contributed by atoms with Crippen molar-refractivity contribution in [3.8, 4) is 0 Å². The van der Waals surface area contributed by atoms with Crippen molar-refractivity contribution in [2.24, 2.45) is 0 Å². The fraction of sp³-hybridized carbons (Fsp3) is 0.478. The quantitative estimate of drug-likeness (QED) is 0.766. The van der Waals surface area contributed by atoms with E-state index in [1.54, 1.807) is 6.20 Å². The first-order valence-electron chi connectivity index (χ1n) is 10.1. The number of carbonyl (C=O) groups is 1. The number of aromatic nitrogens is 1. The maximum Gasteiger partial charge on any atom is 0.220 e. The number of pyridine rings is 1. The van der Waals surface area contributed by atoms with Crippen LogP contribution in [0.1, 0.15) is 55.2 Å². The van der Waals surface area contributed by atoms with E-state index in [1.807, 2.05) is 18.3 Å². The van der Waals surface area contributed by atoms with Crippen LogP contribution in [0.2, 0.25) is 0 Å². The summed E-state index contributed by atoms with van der Waals surface area (Å²) in [7, 11) is 2.24. The molecule has 1 heterocycles. The van der Waals surface area contributed by atoms with Crippen molar-refractivity contribution in [2.75, 3.05) is 7.05 Å². The summed E-state index contributed by atoms with van der Waals surface area (Å²) in [4.78, 5) is 18.8. The zero-order valence-corrected chi connectivity index (χ0v) is 16.4. The van der Waals surface area contributed by atoms with Gasteiger partial charge in [-0.15, -0.1) is 0 Å². The average Bonchev–Trinajstić information content (AvgIpc) is 2.73. The Morgan fingerprint density at radius 2 is 1.89 bits per heavy atom. The normalized spacial score (nSPS) is 15.0. The molecule has 1 aromatic carbocycles. The summed E-state index contributed by atoms with van der Waals surface area (Å²) < 4.78 is 0. The minimum Gasteiger partial charge on any atom is -0.352 e. The van der Waals surface area contributed by atoms with Gasteiger partial charge in [0.1, 0.15) is 0 Å². The van der Waals surface area contributed by atoms with E-state index in [2.05, 4.69) is 46.5 Å². The molecule has 1 amide bonds. The molecule has 4 nitrogen and oxygen atoms in total. The number of amides is 1. The zero-order valence-electron chi connectivity index (χ0n) is 16.4. The van der Waals surface area contributed by atoms with E-state index < -0.39 is 0 Å². The number of hydrogen-bond donors (Lipinski definition) is 1. The first-order valence-corrected chi connectivity index (χ1v) is 10.1. The molecule has 2 aromatic rings. The van der Waals surface area contributed by atoms with E-state index in [0.29, 0.717) is 19.0 Å².